The van der Waals surface area contributed by atoms with E-state index in [2.05, 4.69) is 76.4 Å². The van der Waals surface area contributed by atoms with Crippen LogP contribution in [0.5, 0.6) is 5.75 Å². The SMILES string of the molecule is CCN1C(c2cccnc2COC)=C2CC(C)(C)COC(=O)[C@@H]3CCCN(N3)C(=O)[C@@H](NC(=O)[C@H](C(C)C)N(C)C(=O)[C@H]3CCN(C(=O)C#C[C@@H]4CCCN4C)C3)Cc3cc(O)cc(c3)C3=CN2C1C=C3. The summed E-state index contributed by atoms with van der Waals surface area (Å²) in [4.78, 5) is 85.3. The standard InChI is InChI=1S/C54H71N9O8/c1-9-61-46-18-16-36-31-62(46)45(49(61)41-14-10-21-55-44(41)32-70-8)29-54(4,5)33-71-53(69)42-15-12-23-63(57-42)52(68)43(27-35-25-38(36)28-40(64)26-35)56-50(66)48(34(2)3)59(7)51(67)37-20-24-60(30-37)47(65)19-17-39-13-11-22-58(39)6/h10,14,16,18,21,25-26,28,31,34,37,39,42-43,46,48,57,64H,9,11-13,15,20,22-24,27,29-30,32-33H2,1-8H3,(H,56,66)/t37-,39-,42-,43-,46?,48-/m0/s1. The maximum absolute atomic E-state index is 14.8. The summed E-state index contributed by atoms with van der Waals surface area (Å²) < 4.78 is 11.7. The molecule has 6 aliphatic rings. The van der Waals surface area contributed by atoms with Crippen molar-refractivity contribution in [3.05, 3.63) is 83.0 Å². The van der Waals surface area contributed by atoms with Crippen molar-refractivity contribution in [3.8, 4) is 17.6 Å². The number of hydrogen-bond acceptors (Lipinski definition) is 13. The first-order chi connectivity index (χ1) is 34.0. The molecule has 71 heavy (non-hydrogen) atoms. The molecule has 6 aliphatic heterocycles. The summed E-state index contributed by atoms with van der Waals surface area (Å²) in [7, 11) is 5.25. The van der Waals surface area contributed by atoms with E-state index >= 15 is 0 Å². The predicted octanol–water partition coefficient (Wildman–Crippen LogP) is 4.10. The molecule has 0 spiro atoms. The highest BCUT2D eigenvalue weighted by atomic mass is 16.5. The van der Waals surface area contributed by atoms with Gasteiger partial charge in [-0.1, -0.05) is 45.8 Å². The Bertz CT molecular complexity index is 2540. The molecule has 3 fully saturated rings. The molecule has 3 saturated heterocycles. The first kappa shape index (κ1) is 51.1. The van der Waals surface area contributed by atoms with E-state index in [9.17, 15) is 29.1 Å². The van der Waals surface area contributed by atoms with Crippen LogP contribution in [0, 0.1) is 29.1 Å². The van der Waals surface area contributed by atoms with Gasteiger partial charge in [-0.05, 0) is 118 Å². The highest BCUT2D eigenvalue weighted by Gasteiger charge is 2.43. The van der Waals surface area contributed by atoms with Crippen molar-refractivity contribution < 1.29 is 38.6 Å². The molecule has 0 radical (unpaired) electrons. The lowest BCUT2D eigenvalue weighted by molar-refractivity contribution is -0.155. The third-order valence-electron chi connectivity index (χ3n) is 14.7. The third-order valence-corrected chi connectivity index (χ3v) is 14.7. The van der Waals surface area contributed by atoms with E-state index in [1.54, 1.807) is 37.4 Å². The van der Waals surface area contributed by atoms with Gasteiger partial charge in [0.2, 0.25) is 11.8 Å². The number of methoxy groups -OCH3 is 1. The van der Waals surface area contributed by atoms with E-state index in [0.29, 0.717) is 56.5 Å². The Morgan fingerprint density at radius 1 is 1.10 bits per heavy atom. The maximum atomic E-state index is 14.8. The van der Waals surface area contributed by atoms with Crippen LogP contribution in [0.15, 0.2) is 60.6 Å². The molecule has 6 atom stereocenters. The summed E-state index contributed by atoms with van der Waals surface area (Å²) in [5.74, 6) is 2.94. The van der Waals surface area contributed by atoms with E-state index in [1.165, 1.54) is 9.91 Å². The Balaban J connectivity index is 1.10. The van der Waals surface area contributed by atoms with Gasteiger partial charge in [0.05, 0.1) is 36.6 Å². The summed E-state index contributed by atoms with van der Waals surface area (Å²) in [6, 6.07) is 6.28. The fraction of sp³-hybridized carbons (Fsp3) is 0.556. The number of carbonyl (C=O) groups excluding carboxylic acids is 5. The molecule has 0 aliphatic carbocycles. The van der Waals surface area contributed by atoms with Crippen molar-refractivity contribution in [2.45, 2.75) is 117 Å². The van der Waals surface area contributed by atoms with E-state index < -0.39 is 47.2 Å². The lowest BCUT2D eigenvalue weighted by atomic mass is 9.87. The molecule has 8 rings (SSSR count). The van der Waals surface area contributed by atoms with Gasteiger partial charge in [-0.15, -0.1) is 0 Å². The minimum Gasteiger partial charge on any atom is -0.508 e. The molecule has 17 heteroatoms. The van der Waals surface area contributed by atoms with Crippen LogP contribution in [0.4, 0.5) is 0 Å². The van der Waals surface area contributed by atoms with Crippen molar-refractivity contribution in [1.82, 2.24) is 45.2 Å². The third kappa shape index (κ3) is 11.1. The van der Waals surface area contributed by atoms with E-state index in [-0.39, 0.29) is 61.8 Å². The first-order valence-electron chi connectivity index (χ1n) is 25.2. The molecule has 1 aromatic heterocycles. The van der Waals surface area contributed by atoms with Gasteiger partial charge in [0.1, 0.15) is 30.0 Å². The number of ether oxygens (including phenoxy) is 2. The number of cyclic esters (lactones) is 1. The second-order valence-electron chi connectivity index (χ2n) is 21.0. The van der Waals surface area contributed by atoms with Crippen LogP contribution in [-0.2, 0) is 46.5 Å². The highest BCUT2D eigenvalue weighted by molar-refractivity contribution is 5.95. The second kappa shape index (κ2) is 21.6. The number of fused-ring (bicyclic) bond motifs is 5. The van der Waals surface area contributed by atoms with Gasteiger partial charge in [0, 0.05) is 75.8 Å². The summed E-state index contributed by atoms with van der Waals surface area (Å²) in [6.45, 7) is 12.9. The number of hydrazine groups is 1. The van der Waals surface area contributed by atoms with Crippen molar-refractivity contribution in [2.24, 2.45) is 17.3 Å². The van der Waals surface area contributed by atoms with Gasteiger partial charge in [0.25, 0.3) is 11.8 Å². The molecule has 380 valence electrons. The minimum atomic E-state index is -1.17. The largest absolute Gasteiger partial charge is 0.508 e. The number of carbonyl (C=O) groups is 5. The number of phenols is 1. The molecule has 3 N–H and O–H groups in total. The number of amides is 4. The molecule has 6 bridgehead atoms. The normalized spacial score (nSPS) is 25.0. The molecular weight excluding hydrogens is 903 g/mol. The second-order valence-corrected chi connectivity index (χ2v) is 21.0. The van der Waals surface area contributed by atoms with Crippen molar-refractivity contribution in [1.29, 1.82) is 0 Å². The van der Waals surface area contributed by atoms with Crippen LogP contribution in [0.3, 0.4) is 0 Å². The highest BCUT2D eigenvalue weighted by Crippen LogP contribution is 2.45. The zero-order valence-electron chi connectivity index (χ0n) is 42.6. The summed E-state index contributed by atoms with van der Waals surface area (Å²) in [5, 5.41) is 15.8. The van der Waals surface area contributed by atoms with Gasteiger partial charge >= 0.3 is 5.97 Å². The molecule has 1 aromatic carbocycles. The summed E-state index contributed by atoms with van der Waals surface area (Å²) >= 11 is 0. The van der Waals surface area contributed by atoms with Crippen LogP contribution in [0.25, 0.3) is 11.3 Å². The van der Waals surface area contributed by atoms with Gasteiger partial charge in [-0.3, -0.25) is 38.9 Å². The zero-order chi connectivity index (χ0) is 50.7. The number of allylic oxidation sites excluding steroid dienone is 3. The average Bonchev–Trinajstić information content (AvgIpc) is 4.09. The van der Waals surface area contributed by atoms with Gasteiger partial charge < -0.3 is 39.5 Å². The van der Waals surface area contributed by atoms with Crippen LogP contribution in [0.1, 0.15) is 95.5 Å². The smallest absolute Gasteiger partial charge is 0.324 e. The number of esters is 1. The van der Waals surface area contributed by atoms with E-state index in [4.69, 9.17) is 14.5 Å². The maximum Gasteiger partial charge on any atom is 0.324 e. The average molecular weight is 974 g/mol. The van der Waals surface area contributed by atoms with Crippen LogP contribution >= 0.6 is 0 Å². The first-order valence-corrected chi connectivity index (χ1v) is 25.2. The van der Waals surface area contributed by atoms with Crippen LogP contribution < -0.4 is 10.7 Å². The number of aromatic nitrogens is 1. The topological polar surface area (TPSA) is 180 Å². The van der Waals surface area contributed by atoms with Gasteiger partial charge in [0.15, 0.2) is 0 Å². The lowest BCUT2D eigenvalue weighted by Crippen LogP contribution is -2.62. The number of nitrogens with one attached hydrogen (secondary N) is 2. The molecule has 17 nitrogen and oxygen atoms in total. The van der Waals surface area contributed by atoms with E-state index in [0.717, 1.165) is 47.6 Å². The van der Waals surface area contributed by atoms with Crippen LogP contribution in [-0.4, -0.2) is 160 Å². The number of pyridine rings is 1. The Labute approximate surface area is 418 Å². The van der Waals surface area contributed by atoms with Crippen molar-refractivity contribution in [2.75, 3.05) is 60.5 Å². The Morgan fingerprint density at radius 2 is 1.89 bits per heavy atom. The number of aromatic hydroxyl groups is 1. The molecular formula is C54H71N9O8. The number of rotatable bonds is 9. The fourth-order valence-electron chi connectivity index (χ4n) is 11.0. The molecule has 1 unspecified atom stereocenters. The Morgan fingerprint density at radius 3 is 2.62 bits per heavy atom. The molecule has 0 saturated carbocycles. The number of nitrogens with zero attached hydrogens (tertiary/aromatic N) is 7. The lowest BCUT2D eigenvalue weighted by Gasteiger charge is -2.37. The minimum absolute atomic E-state index is 0.0140. The zero-order valence-corrected chi connectivity index (χ0v) is 42.6. The molecule has 4 amide bonds. The number of likely N-dealkylation sites (tertiary alicyclic amines) is 2. The Kier molecular flexibility index (Phi) is 15.6. The fourth-order valence-corrected chi connectivity index (χ4v) is 11.0. The predicted molar refractivity (Wildman–Crippen MR) is 267 cm³/mol. The summed E-state index contributed by atoms with van der Waals surface area (Å²) in [5.41, 5.74) is 8.46. The monoisotopic (exact) mass is 974 g/mol. The number of likely N-dealkylation sites (N-methyl/N-ethyl adjacent to an activating group) is 2. The molecule has 2 aromatic rings. The summed E-state index contributed by atoms with van der Waals surface area (Å²) in [6.07, 6.45) is 11.7. The molecule has 7 heterocycles. The van der Waals surface area contributed by atoms with E-state index in [1.807, 2.05) is 39.1 Å². The van der Waals surface area contributed by atoms with Crippen LogP contribution in [0.2, 0.25) is 0 Å². The van der Waals surface area contributed by atoms with Crippen molar-refractivity contribution >= 4 is 40.9 Å². The Hall–Kier alpha value is -6.22. The van der Waals surface area contributed by atoms with Crippen molar-refractivity contribution in [3.63, 3.8) is 0 Å². The number of benzene rings is 1. The van der Waals surface area contributed by atoms with Gasteiger partial charge in [-0.25, -0.2) is 5.43 Å². The van der Waals surface area contributed by atoms with Gasteiger partial charge in [-0.2, -0.15) is 0 Å². The number of hydrogen-bond donors (Lipinski definition) is 3. The quantitative estimate of drug-likeness (QED) is 0.242. The number of phenolic OH excluding ortho intramolecular Hbond substituents is 1.